The second-order valence-electron chi connectivity index (χ2n) is 4.45. The number of aromatic nitrogens is 2. The van der Waals surface area contributed by atoms with Crippen LogP contribution >= 0.6 is 47.8 Å². The summed E-state index contributed by atoms with van der Waals surface area (Å²) in [6.45, 7) is 1.98. The van der Waals surface area contributed by atoms with Crippen LogP contribution in [0.4, 0.5) is 0 Å². The van der Waals surface area contributed by atoms with Crippen LogP contribution in [0, 0.1) is 6.92 Å². The number of halogens is 3. The van der Waals surface area contributed by atoms with Gasteiger partial charge in [-0.15, -0.1) is 0 Å². The van der Waals surface area contributed by atoms with Gasteiger partial charge in [0, 0.05) is 28.5 Å². The van der Waals surface area contributed by atoms with Crippen molar-refractivity contribution >= 4 is 47.8 Å². The molecule has 0 aliphatic rings. The first-order valence-electron chi connectivity index (χ1n) is 5.78. The second-order valence-corrected chi connectivity index (χ2v) is 7.01. The van der Waals surface area contributed by atoms with Gasteiger partial charge in [0.15, 0.2) is 0 Å². The maximum absolute atomic E-state index is 6.33. The molecule has 0 spiro atoms. The molecular weight excluding hydrogens is 438 g/mol. The molecule has 6 heteroatoms. The summed E-state index contributed by atoms with van der Waals surface area (Å²) in [7, 11) is 1.94. The predicted octanol–water partition coefficient (Wildman–Crippen LogP) is 4.26. The average Bonchev–Trinajstić information content (AvgIpc) is 2.59. The molecule has 0 amide bonds. The molecule has 3 nitrogen and oxygen atoms in total. The minimum atomic E-state index is -0.0852. The largest absolute Gasteiger partial charge is 0.324 e. The molecule has 0 radical (unpaired) electrons. The molecule has 0 bridgehead atoms. The van der Waals surface area contributed by atoms with Crippen molar-refractivity contribution in [3.8, 4) is 0 Å². The number of hydrogen-bond donors (Lipinski definition) is 1. The highest BCUT2D eigenvalue weighted by Gasteiger charge is 2.17. The van der Waals surface area contributed by atoms with Crippen molar-refractivity contribution in [2.45, 2.75) is 19.4 Å². The monoisotopic (exact) mass is 449 g/mol. The zero-order valence-electron chi connectivity index (χ0n) is 10.6. The molecule has 0 aliphatic heterocycles. The van der Waals surface area contributed by atoms with E-state index in [2.05, 4.69) is 52.9 Å². The number of aryl methyl sites for hydroxylation is 2. The molecule has 102 valence electrons. The van der Waals surface area contributed by atoms with Gasteiger partial charge in [-0.2, -0.15) is 5.10 Å². The van der Waals surface area contributed by atoms with E-state index in [1.807, 2.05) is 36.9 Å². The van der Waals surface area contributed by atoms with Gasteiger partial charge in [0.2, 0.25) is 0 Å². The van der Waals surface area contributed by atoms with Gasteiger partial charge in [-0.1, -0.05) is 31.9 Å². The van der Waals surface area contributed by atoms with Crippen LogP contribution in [-0.4, -0.2) is 9.78 Å². The van der Waals surface area contributed by atoms with Crippen LogP contribution < -0.4 is 5.73 Å². The molecule has 1 heterocycles. The molecule has 19 heavy (non-hydrogen) atoms. The van der Waals surface area contributed by atoms with E-state index >= 15 is 0 Å². The zero-order valence-corrected chi connectivity index (χ0v) is 15.4. The number of hydrogen-bond acceptors (Lipinski definition) is 2. The maximum atomic E-state index is 6.33. The smallest absolute Gasteiger partial charge is 0.0738 e. The lowest BCUT2D eigenvalue weighted by Gasteiger charge is -2.15. The Kier molecular flexibility index (Phi) is 4.87. The first-order valence-corrected chi connectivity index (χ1v) is 8.16. The minimum absolute atomic E-state index is 0.0852. The lowest BCUT2D eigenvalue weighted by molar-refractivity contribution is 0.636. The van der Waals surface area contributed by atoms with Crippen molar-refractivity contribution in [1.29, 1.82) is 0 Å². The molecule has 0 aliphatic carbocycles. The minimum Gasteiger partial charge on any atom is -0.324 e. The van der Waals surface area contributed by atoms with E-state index in [4.69, 9.17) is 5.73 Å². The number of nitrogens with two attached hydrogens (primary N) is 1. The van der Waals surface area contributed by atoms with Crippen LogP contribution in [0.5, 0.6) is 0 Å². The van der Waals surface area contributed by atoms with Crippen LogP contribution in [-0.2, 0) is 13.5 Å². The van der Waals surface area contributed by atoms with Crippen molar-refractivity contribution in [3.63, 3.8) is 0 Å². The normalized spacial score (nSPS) is 12.7. The van der Waals surface area contributed by atoms with E-state index in [1.165, 1.54) is 0 Å². The van der Waals surface area contributed by atoms with E-state index in [-0.39, 0.29) is 6.04 Å². The molecule has 1 atom stereocenters. The molecule has 2 N–H and O–H groups in total. The van der Waals surface area contributed by atoms with Crippen LogP contribution in [0.25, 0.3) is 0 Å². The third kappa shape index (κ3) is 3.29. The van der Waals surface area contributed by atoms with E-state index in [1.54, 1.807) is 0 Å². The third-order valence-electron chi connectivity index (χ3n) is 3.03. The first-order chi connectivity index (χ1) is 8.90. The molecular formula is C13H14Br3N3. The van der Waals surface area contributed by atoms with Gasteiger partial charge in [-0.05, 0) is 46.6 Å². The van der Waals surface area contributed by atoms with E-state index in [0.29, 0.717) is 0 Å². The van der Waals surface area contributed by atoms with Crippen molar-refractivity contribution in [3.05, 3.63) is 48.6 Å². The molecule has 1 aromatic heterocycles. The van der Waals surface area contributed by atoms with E-state index in [9.17, 15) is 0 Å². The van der Waals surface area contributed by atoms with Crippen molar-refractivity contribution in [2.24, 2.45) is 12.8 Å². The average molecular weight is 452 g/mol. The van der Waals surface area contributed by atoms with Gasteiger partial charge in [-0.3, -0.25) is 4.68 Å². The van der Waals surface area contributed by atoms with Gasteiger partial charge < -0.3 is 5.73 Å². The van der Waals surface area contributed by atoms with Gasteiger partial charge in [0.05, 0.1) is 15.9 Å². The van der Waals surface area contributed by atoms with Gasteiger partial charge in [0.1, 0.15) is 0 Å². The van der Waals surface area contributed by atoms with Crippen molar-refractivity contribution in [2.75, 3.05) is 0 Å². The van der Waals surface area contributed by atoms with Crippen LogP contribution in [0.2, 0.25) is 0 Å². The quantitative estimate of drug-likeness (QED) is 0.757. The lowest BCUT2D eigenvalue weighted by atomic mass is 10.0. The number of nitrogens with zero attached hydrogens (tertiary/aromatic N) is 2. The highest BCUT2D eigenvalue weighted by Crippen LogP contribution is 2.30. The summed E-state index contributed by atoms with van der Waals surface area (Å²) in [4.78, 5) is 0. The summed E-state index contributed by atoms with van der Waals surface area (Å²) in [6.07, 6.45) is 0.729. The number of rotatable bonds is 3. The Balaban J connectivity index is 2.30. The SMILES string of the molecule is Cc1nn(C)c(CC(N)c2cc(Br)ccc2Br)c1Br. The summed E-state index contributed by atoms with van der Waals surface area (Å²) >= 11 is 10.6. The lowest BCUT2D eigenvalue weighted by Crippen LogP contribution is -2.16. The molecule has 0 saturated carbocycles. The Bertz CT molecular complexity index is 607. The fourth-order valence-electron chi connectivity index (χ4n) is 2.02. The first kappa shape index (κ1) is 15.2. The Labute approximate surface area is 137 Å². The summed E-state index contributed by atoms with van der Waals surface area (Å²) in [5, 5.41) is 4.39. The fraction of sp³-hybridized carbons (Fsp3) is 0.308. The molecule has 0 fully saturated rings. The van der Waals surface area contributed by atoms with Gasteiger partial charge in [-0.25, -0.2) is 0 Å². The Morgan fingerprint density at radius 2 is 2.00 bits per heavy atom. The van der Waals surface area contributed by atoms with Crippen LogP contribution in [0.3, 0.4) is 0 Å². The van der Waals surface area contributed by atoms with Crippen molar-refractivity contribution in [1.82, 2.24) is 9.78 Å². The third-order valence-corrected chi connectivity index (χ3v) is 5.28. The molecule has 2 rings (SSSR count). The summed E-state index contributed by atoms with van der Waals surface area (Å²) in [5.74, 6) is 0. The van der Waals surface area contributed by atoms with Gasteiger partial charge >= 0.3 is 0 Å². The standard InChI is InChI=1S/C13H14Br3N3/c1-7-13(16)12(19(2)18-7)6-11(17)9-5-8(14)3-4-10(9)15/h3-5,11H,6,17H2,1-2H3. The Hall–Kier alpha value is -0.170. The molecule has 1 aromatic carbocycles. The van der Waals surface area contributed by atoms with Gasteiger partial charge in [0.25, 0.3) is 0 Å². The van der Waals surface area contributed by atoms with Crippen molar-refractivity contribution < 1.29 is 0 Å². The molecule has 1 unspecified atom stereocenters. The molecule has 0 saturated heterocycles. The second kappa shape index (κ2) is 6.08. The summed E-state index contributed by atoms with van der Waals surface area (Å²) < 4.78 is 4.97. The summed E-state index contributed by atoms with van der Waals surface area (Å²) in [6, 6.07) is 5.96. The van der Waals surface area contributed by atoms with Crippen LogP contribution in [0.1, 0.15) is 23.0 Å². The maximum Gasteiger partial charge on any atom is 0.0738 e. The Morgan fingerprint density at radius 1 is 1.32 bits per heavy atom. The molecule has 2 aromatic rings. The highest BCUT2D eigenvalue weighted by atomic mass is 79.9. The Morgan fingerprint density at radius 3 is 2.58 bits per heavy atom. The van der Waals surface area contributed by atoms with Crippen LogP contribution in [0.15, 0.2) is 31.6 Å². The number of benzene rings is 1. The predicted molar refractivity (Wildman–Crippen MR) is 88.1 cm³/mol. The summed E-state index contributed by atoms with van der Waals surface area (Å²) in [5.41, 5.74) is 9.51. The van der Waals surface area contributed by atoms with E-state index < -0.39 is 0 Å². The zero-order chi connectivity index (χ0) is 14.2. The topological polar surface area (TPSA) is 43.8 Å². The van der Waals surface area contributed by atoms with E-state index in [0.717, 1.165) is 36.8 Å². The fourth-order valence-corrected chi connectivity index (χ4v) is 3.44. The highest BCUT2D eigenvalue weighted by molar-refractivity contribution is 9.11.